The van der Waals surface area contributed by atoms with Crippen molar-refractivity contribution < 1.29 is 18.3 Å². The summed E-state index contributed by atoms with van der Waals surface area (Å²) in [5.41, 5.74) is 0.961. The second-order valence-corrected chi connectivity index (χ2v) is 5.77. The second kappa shape index (κ2) is 5.94. The normalized spacial score (nSPS) is 11.1. The zero-order valence-electron chi connectivity index (χ0n) is 10.9. The molecule has 0 spiro atoms. The molecule has 0 aromatic heterocycles. The maximum absolute atomic E-state index is 12.4. The summed E-state index contributed by atoms with van der Waals surface area (Å²) in [6.45, 7) is -0.238. The molecule has 2 aromatic carbocycles. The number of aliphatic hydroxyl groups excluding tert-OH is 1. The van der Waals surface area contributed by atoms with Gasteiger partial charge in [-0.1, -0.05) is 24.3 Å². The first-order chi connectivity index (χ1) is 9.56. The zero-order chi connectivity index (χ0) is 14.6. The van der Waals surface area contributed by atoms with Gasteiger partial charge in [-0.05, 0) is 29.8 Å². The van der Waals surface area contributed by atoms with Gasteiger partial charge >= 0.3 is 0 Å². The lowest BCUT2D eigenvalue weighted by Gasteiger charge is -2.12. The predicted octanol–water partition coefficient (Wildman–Crippen LogP) is 1.99. The smallest absolute Gasteiger partial charge is 0.265 e. The summed E-state index contributed by atoms with van der Waals surface area (Å²) in [4.78, 5) is -0.00426. The van der Waals surface area contributed by atoms with Gasteiger partial charge in [-0.15, -0.1) is 0 Å². The van der Waals surface area contributed by atoms with E-state index in [0.717, 1.165) is 0 Å². The average molecular weight is 293 g/mol. The van der Waals surface area contributed by atoms with Gasteiger partial charge < -0.3 is 9.84 Å². The fourth-order valence-electron chi connectivity index (χ4n) is 1.75. The van der Waals surface area contributed by atoms with Crippen LogP contribution in [0.15, 0.2) is 53.4 Å². The standard InChI is InChI=1S/C14H15NO4S/c1-19-13-8-7-11(10-16)9-14(13)20(17,18)15-12-5-3-2-4-6-12/h2-9,15-16H,10H2,1H3. The molecule has 0 bridgehead atoms. The number of para-hydroxylation sites is 1. The molecule has 0 saturated carbocycles. The van der Waals surface area contributed by atoms with Crippen LogP contribution < -0.4 is 9.46 Å². The Hall–Kier alpha value is -2.05. The Morgan fingerprint density at radius 3 is 2.45 bits per heavy atom. The number of hydrogen-bond donors (Lipinski definition) is 2. The monoisotopic (exact) mass is 293 g/mol. The number of aliphatic hydroxyl groups is 1. The van der Waals surface area contributed by atoms with Gasteiger partial charge in [0.2, 0.25) is 0 Å². The Bertz CT molecular complexity index is 684. The minimum absolute atomic E-state index is 0.00426. The molecular weight excluding hydrogens is 278 g/mol. The van der Waals surface area contributed by atoms with Gasteiger partial charge in [-0.2, -0.15) is 0 Å². The molecule has 0 aliphatic rings. The first-order valence-electron chi connectivity index (χ1n) is 5.92. The van der Waals surface area contributed by atoms with Crippen LogP contribution in [0.25, 0.3) is 0 Å². The summed E-state index contributed by atoms with van der Waals surface area (Å²) < 4.78 is 32.3. The molecule has 2 rings (SSSR count). The molecule has 0 fully saturated rings. The molecular formula is C14H15NO4S. The SMILES string of the molecule is COc1ccc(CO)cc1S(=O)(=O)Nc1ccccc1. The Balaban J connectivity index is 2.43. The maximum atomic E-state index is 12.4. The molecule has 0 atom stereocenters. The molecule has 0 aliphatic carbocycles. The van der Waals surface area contributed by atoms with E-state index in [9.17, 15) is 8.42 Å². The van der Waals surface area contributed by atoms with Crippen LogP contribution in [-0.2, 0) is 16.6 Å². The minimum Gasteiger partial charge on any atom is -0.495 e. The lowest BCUT2D eigenvalue weighted by atomic mass is 10.2. The van der Waals surface area contributed by atoms with Crippen LogP contribution >= 0.6 is 0 Å². The van der Waals surface area contributed by atoms with E-state index in [1.54, 1.807) is 36.4 Å². The topological polar surface area (TPSA) is 75.6 Å². The van der Waals surface area contributed by atoms with Crippen molar-refractivity contribution in [1.82, 2.24) is 0 Å². The average Bonchev–Trinajstić information content (AvgIpc) is 2.47. The molecule has 0 amide bonds. The van der Waals surface area contributed by atoms with Crippen molar-refractivity contribution in [2.75, 3.05) is 11.8 Å². The van der Waals surface area contributed by atoms with Gasteiger partial charge in [-0.25, -0.2) is 8.42 Å². The van der Waals surface area contributed by atoms with Crippen LogP contribution in [0, 0.1) is 0 Å². The van der Waals surface area contributed by atoms with E-state index in [1.807, 2.05) is 0 Å². The highest BCUT2D eigenvalue weighted by Crippen LogP contribution is 2.26. The molecule has 2 aromatic rings. The number of benzene rings is 2. The predicted molar refractivity (Wildman–Crippen MR) is 76.2 cm³/mol. The van der Waals surface area contributed by atoms with E-state index in [1.165, 1.54) is 19.2 Å². The molecule has 0 aliphatic heterocycles. The quantitative estimate of drug-likeness (QED) is 0.884. The maximum Gasteiger partial charge on any atom is 0.265 e. The number of rotatable bonds is 5. The van der Waals surface area contributed by atoms with Crippen molar-refractivity contribution in [2.45, 2.75) is 11.5 Å². The van der Waals surface area contributed by atoms with Gasteiger partial charge in [0.05, 0.1) is 13.7 Å². The highest BCUT2D eigenvalue weighted by Gasteiger charge is 2.20. The van der Waals surface area contributed by atoms with Crippen LogP contribution in [0.2, 0.25) is 0 Å². The third-order valence-corrected chi connectivity index (χ3v) is 4.13. The molecule has 6 heteroatoms. The van der Waals surface area contributed by atoms with Gasteiger partial charge in [0.15, 0.2) is 0 Å². The van der Waals surface area contributed by atoms with Crippen LogP contribution in [0.1, 0.15) is 5.56 Å². The molecule has 20 heavy (non-hydrogen) atoms. The Kier molecular flexibility index (Phi) is 4.26. The summed E-state index contributed by atoms with van der Waals surface area (Å²) in [6, 6.07) is 13.1. The number of nitrogens with one attached hydrogen (secondary N) is 1. The van der Waals surface area contributed by atoms with Crippen molar-refractivity contribution in [3.05, 3.63) is 54.1 Å². The summed E-state index contributed by atoms with van der Waals surface area (Å²) in [5.74, 6) is 0.227. The van der Waals surface area contributed by atoms with E-state index >= 15 is 0 Å². The summed E-state index contributed by atoms with van der Waals surface area (Å²) in [5, 5.41) is 9.13. The second-order valence-electron chi connectivity index (χ2n) is 4.11. The van der Waals surface area contributed by atoms with Gasteiger partial charge in [0, 0.05) is 5.69 Å². The molecule has 0 unspecified atom stereocenters. The van der Waals surface area contributed by atoms with E-state index in [-0.39, 0.29) is 17.3 Å². The number of hydrogen-bond acceptors (Lipinski definition) is 4. The largest absolute Gasteiger partial charge is 0.495 e. The van der Waals surface area contributed by atoms with Crippen molar-refractivity contribution >= 4 is 15.7 Å². The Labute approximate surface area is 117 Å². The fraction of sp³-hybridized carbons (Fsp3) is 0.143. The fourth-order valence-corrected chi connectivity index (χ4v) is 3.02. The Morgan fingerprint density at radius 2 is 1.85 bits per heavy atom. The van der Waals surface area contributed by atoms with Crippen LogP contribution in [0.3, 0.4) is 0 Å². The molecule has 106 valence electrons. The lowest BCUT2D eigenvalue weighted by Crippen LogP contribution is -2.14. The lowest BCUT2D eigenvalue weighted by molar-refractivity contribution is 0.281. The summed E-state index contributed by atoms with van der Waals surface area (Å²) in [6.07, 6.45) is 0. The summed E-state index contributed by atoms with van der Waals surface area (Å²) in [7, 11) is -2.38. The molecule has 2 N–H and O–H groups in total. The molecule has 0 heterocycles. The van der Waals surface area contributed by atoms with Crippen molar-refractivity contribution in [3.63, 3.8) is 0 Å². The number of anilines is 1. The number of methoxy groups -OCH3 is 1. The zero-order valence-corrected chi connectivity index (χ0v) is 11.7. The third kappa shape index (κ3) is 3.09. The van der Waals surface area contributed by atoms with E-state index in [2.05, 4.69) is 4.72 Å². The Morgan fingerprint density at radius 1 is 1.15 bits per heavy atom. The van der Waals surface area contributed by atoms with E-state index in [0.29, 0.717) is 11.3 Å². The van der Waals surface area contributed by atoms with Crippen molar-refractivity contribution in [3.8, 4) is 5.75 Å². The van der Waals surface area contributed by atoms with Crippen molar-refractivity contribution in [1.29, 1.82) is 0 Å². The first kappa shape index (κ1) is 14.4. The van der Waals surface area contributed by atoms with Gasteiger partial charge in [-0.3, -0.25) is 4.72 Å². The van der Waals surface area contributed by atoms with Gasteiger partial charge in [0.1, 0.15) is 10.6 Å². The number of sulfonamides is 1. The van der Waals surface area contributed by atoms with Crippen LogP contribution in [-0.4, -0.2) is 20.6 Å². The van der Waals surface area contributed by atoms with Crippen molar-refractivity contribution in [2.24, 2.45) is 0 Å². The van der Waals surface area contributed by atoms with Crippen LogP contribution in [0.5, 0.6) is 5.75 Å². The third-order valence-electron chi connectivity index (χ3n) is 2.73. The first-order valence-corrected chi connectivity index (χ1v) is 7.41. The summed E-state index contributed by atoms with van der Waals surface area (Å²) >= 11 is 0. The molecule has 5 nitrogen and oxygen atoms in total. The van der Waals surface area contributed by atoms with Gasteiger partial charge in [0.25, 0.3) is 10.0 Å². The molecule has 0 radical (unpaired) electrons. The number of ether oxygens (including phenoxy) is 1. The minimum atomic E-state index is -3.77. The van der Waals surface area contributed by atoms with E-state index in [4.69, 9.17) is 9.84 Å². The highest BCUT2D eigenvalue weighted by atomic mass is 32.2. The van der Waals surface area contributed by atoms with Crippen LogP contribution in [0.4, 0.5) is 5.69 Å². The molecule has 0 saturated heterocycles. The highest BCUT2D eigenvalue weighted by molar-refractivity contribution is 7.92. The van der Waals surface area contributed by atoms with E-state index < -0.39 is 10.0 Å².